The molecule has 2 atom stereocenters. The lowest BCUT2D eigenvalue weighted by molar-refractivity contribution is -0.133. The van der Waals surface area contributed by atoms with Gasteiger partial charge in [-0.15, -0.1) is 0 Å². The van der Waals surface area contributed by atoms with Gasteiger partial charge in [-0.2, -0.15) is 0 Å². The number of benzene rings is 2. The lowest BCUT2D eigenvalue weighted by Crippen LogP contribution is -2.53. The predicted octanol–water partition coefficient (Wildman–Crippen LogP) is 3.64. The van der Waals surface area contributed by atoms with Crippen molar-refractivity contribution >= 4 is 22.8 Å². The third-order valence-corrected chi connectivity index (χ3v) is 7.12. The molecule has 0 bridgehead atoms. The van der Waals surface area contributed by atoms with Gasteiger partial charge in [0.1, 0.15) is 17.3 Å². The summed E-state index contributed by atoms with van der Waals surface area (Å²) in [5, 5.41) is 10.6. The maximum absolute atomic E-state index is 15.5. The molecule has 9 heteroatoms. The molecule has 2 N–H and O–H groups in total. The third-order valence-electron chi connectivity index (χ3n) is 7.12. The number of carbonyl (C=O) groups excluding carboxylic acids is 2. The van der Waals surface area contributed by atoms with Gasteiger partial charge in [0, 0.05) is 29.6 Å². The fourth-order valence-electron chi connectivity index (χ4n) is 5.49. The molecular weight excluding hydrogens is 451 g/mol. The number of fused-ring (bicyclic) bond motifs is 4. The average Bonchev–Trinajstić information content (AvgIpc) is 3.26. The second-order valence-electron chi connectivity index (χ2n) is 9.74. The summed E-state index contributed by atoms with van der Waals surface area (Å²) in [6.07, 6.45) is 0.807. The Bertz CT molecular complexity index is 1340. The van der Waals surface area contributed by atoms with E-state index in [0.717, 1.165) is 6.54 Å². The predicted molar refractivity (Wildman–Crippen MR) is 129 cm³/mol. The number of carbonyl (C=O) groups is 2. The van der Waals surface area contributed by atoms with Crippen molar-refractivity contribution in [2.45, 2.75) is 31.3 Å². The van der Waals surface area contributed by atoms with Crippen LogP contribution in [0.3, 0.4) is 0 Å². The molecule has 1 saturated heterocycles. The van der Waals surface area contributed by atoms with E-state index < -0.39 is 17.4 Å². The van der Waals surface area contributed by atoms with Gasteiger partial charge in [-0.1, -0.05) is 12.1 Å². The summed E-state index contributed by atoms with van der Waals surface area (Å²) in [7, 11) is 5.29. The minimum atomic E-state index is -1.21. The summed E-state index contributed by atoms with van der Waals surface area (Å²) < 4.78 is 20.7. The van der Waals surface area contributed by atoms with Crippen LogP contribution in [0.2, 0.25) is 0 Å². The highest BCUT2D eigenvalue weighted by atomic mass is 19.1. The van der Waals surface area contributed by atoms with E-state index in [1.165, 1.54) is 12.0 Å². The van der Waals surface area contributed by atoms with Crippen molar-refractivity contribution in [2.24, 2.45) is 0 Å². The smallest absolute Gasteiger partial charge is 0.328 e. The molecule has 1 fully saturated rings. The molecule has 3 amide bonds. The van der Waals surface area contributed by atoms with Crippen LogP contribution >= 0.6 is 0 Å². The topological polar surface area (TPSA) is 89.1 Å². The molecule has 0 aliphatic carbocycles. The quantitative estimate of drug-likeness (QED) is 0.526. The Morgan fingerprint density at radius 1 is 1.26 bits per heavy atom. The van der Waals surface area contributed by atoms with Crippen molar-refractivity contribution in [3.05, 3.63) is 59.0 Å². The average molecular weight is 481 g/mol. The van der Waals surface area contributed by atoms with Crippen LogP contribution in [0, 0.1) is 5.82 Å². The monoisotopic (exact) mass is 480 g/mol. The Balaban J connectivity index is 1.70. The molecule has 0 saturated carbocycles. The Morgan fingerprint density at radius 3 is 2.71 bits per heavy atom. The summed E-state index contributed by atoms with van der Waals surface area (Å²) >= 11 is 0. The number of phenolic OH excluding ortho intramolecular Hbond substituents is 1. The van der Waals surface area contributed by atoms with E-state index in [4.69, 9.17) is 4.74 Å². The molecule has 1 aromatic heterocycles. The van der Waals surface area contributed by atoms with Crippen LogP contribution in [-0.4, -0.2) is 76.6 Å². The molecule has 3 aromatic rings. The number of aromatic amines is 1. The zero-order chi connectivity index (χ0) is 25.1. The van der Waals surface area contributed by atoms with Crippen LogP contribution < -0.4 is 4.74 Å². The molecule has 0 radical (unpaired) electrons. The SMILES string of the molecule is COc1ccc2[nH]c3c(c2c1F)CC1(C)C(=O)N(CCCN(C)C)C(=O)N1C3c1cccc(O)c1. The Hall–Kier alpha value is -3.59. The molecule has 35 heavy (non-hydrogen) atoms. The Kier molecular flexibility index (Phi) is 5.47. The molecule has 2 aliphatic rings. The molecule has 8 nitrogen and oxygen atoms in total. The van der Waals surface area contributed by atoms with Gasteiger partial charge >= 0.3 is 6.03 Å². The van der Waals surface area contributed by atoms with E-state index in [1.54, 1.807) is 48.2 Å². The van der Waals surface area contributed by atoms with Crippen LogP contribution in [0.4, 0.5) is 9.18 Å². The third kappa shape index (κ3) is 3.44. The highest BCUT2D eigenvalue weighted by molar-refractivity contribution is 6.08. The summed E-state index contributed by atoms with van der Waals surface area (Å²) in [5.74, 6) is -0.649. The molecule has 184 valence electrons. The van der Waals surface area contributed by atoms with Crippen LogP contribution in [0.15, 0.2) is 36.4 Å². The highest BCUT2D eigenvalue weighted by Gasteiger charge is 2.60. The maximum atomic E-state index is 15.5. The summed E-state index contributed by atoms with van der Waals surface area (Å²) in [5.41, 5.74) is 1.26. The lowest BCUT2D eigenvalue weighted by atomic mass is 9.81. The lowest BCUT2D eigenvalue weighted by Gasteiger charge is -2.42. The summed E-state index contributed by atoms with van der Waals surface area (Å²) in [6, 6.07) is 8.82. The number of halogens is 1. The fraction of sp³-hybridized carbons (Fsp3) is 0.385. The molecule has 2 unspecified atom stereocenters. The number of nitrogens with one attached hydrogen (secondary N) is 1. The zero-order valence-corrected chi connectivity index (χ0v) is 20.3. The first-order valence-electron chi connectivity index (χ1n) is 11.6. The number of amides is 3. The minimum Gasteiger partial charge on any atom is -0.508 e. The van der Waals surface area contributed by atoms with Gasteiger partial charge in [-0.25, -0.2) is 9.18 Å². The Labute approximate surface area is 202 Å². The van der Waals surface area contributed by atoms with Crippen molar-refractivity contribution in [3.63, 3.8) is 0 Å². The van der Waals surface area contributed by atoms with Gasteiger partial charge in [0.15, 0.2) is 11.6 Å². The van der Waals surface area contributed by atoms with Crippen molar-refractivity contribution in [2.75, 3.05) is 34.3 Å². The number of hydrogen-bond donors (Lipinski definition) is 2. The zero-order valence-electron chi connectivity index (χ0n) is 20.3. The van der Waals surface area contributed by atoms with Gasteiger partial charge in [0.05, 0.1) is 7.11 Å². The summed E-state index contributed by atoms with van der Waals surface area (Å²) in [4.78, 5) is 35.7. The number of phenols is 1. The first-order chi connectivity index (χ1) is 16.7. The number of rotatable bonds is 6. The van der Waals surface area contributed by atoms with Crippen molar-refractivity contribution in [1.82, 2.24) is 19.7 Å². The molecule has 5 rings (SSSR count). The Morgan fingerprint density at radius 2 is 2.03 bits per heavy atom. The van der Waals surface area contributed by atoms with Crippen LogP contribution in [0.25, 0.3) is 10.9 Å². The summed E-state index contributed by atoms with van der Waals surface area (Å²) in [6.45, 7) is 2.78. The van der Waals surface area contributed by atoms with Crippen LogP contribution in [-0.2, 0) is 11.2 Å². The van der Waals surface area contributed by atoms with Crippen LogP contribution in [0.5, 0.6) is 11.5 Å². The van der Waals surface area contributed by atoms with Gasteiger partial charge < -0.3 is 19.7 Å². The van der Waals surface area contributed by atoms with E-state index in [9.17, 15) is 14.7 Å². The molecule has 0 spiro atoms. The van der Waals surface area contributed by atoms with Gasteiger partial charge in [0.2, 0.25) is 0 Å². The number of aromatic nitrogens is 1. The molecule has 2 aromatic carbocycles. The number of imide groups is 1. The minimum absolute atomic E-state index is 0.0427. The largest absolute Gasteiger partial charge is 0.508 e. The van der Waals surface area contributed by atoms with Gasteiger partial charge in [-0.05, 0) is 69.4 Å². The number of urea groups is 1. The van der Waals surface area contributed by atoms with E-state index in [0.29, 0.717) is 40.7 Å². The second-order valence-corrected chi connectivity index (χ2v) is 9.74. The van der Waals surface area contributed by atoms with Gasteiger partial charge in [-0.3, -0.25) is 14.6 Å². The first-order valence-corrected chi connectivity index (χ1v) is 11.6. The molecule has 2 aliphatic heterocycles. The van der Waals surface area contributed by atoms with Crippen molar-refractivity contribution in [3.8, 4) is 11.5 Å². The number of nitrogens with zero attached hydrogens (tertiary/aromatic N) is 3. The number of ether oxygens (including phenoxy) is 1. The van der Waals surface area contributed by atoms with Crippen molar-refractivity contribution < 1.29 is 23.8 Å². The maximum Gasteiger partial charge on any atom is 0.328 e. The van der Waals surface area contributed by atoms with E-state index in [1.807, 2.05) is 19.0 Å². The standard InChI is InChI=1S/C26H29FN4O4/c1-26-14-17-20-18(9-10-19(35-4)21(20)27)28-22(17)23(15-7-5-8-16(32)13-15)31(26)25(34)30(24(26)33)12-6-11-29(2)3/h5,7-10,13,23,28,32H,6,11-12,14H2,1-4H3. The van der Waals surface area contributed by atoms with Crippen LogP contribution in [0.1, 0.15) is 36.2 Å². The van der Waals surface area contributed by atoms with Gasteiger partial charge in [0.25, 0.3) is 5.91 Å². The second kappa shape index (κ2) is 8.27. The normalized spacial score (nSPS) is 21.7. The molecular formula is C26H29FN4O4. The van der Waals surface area contributed by atoms with E-state index in [-0.39, 0.29) is 29.9 Å². The van der Waals surface area contributed by atoms with Crippen molar-refractivity contribution in [1.29, 1.82) is 0 Å². The van der Waals surface area contributed by atoms with E-state index >= 15 is 4.39 Å². The first kappa shape index (κ1) is 23.2. The highest BCUT2D eigenvalue weighted by Crippen LogP contribution is 2.49. The number of H-pyrrole nitrogens is 1. The number of aromatic hydroxyl groups is 1. The number of hydrogen-bond acceptors (Lipinski definition) is 5. The number of methoxy groups -OCH3 is 1. The fourth-order valence-corrected chi connectivity index (χ4v) is 5.49. The molecule has 3 heterocycles. The van der Waals surface area contributed by atoms with E-state index in [2.05, 4.69) is 4.98 Å².